The van der Waals surface area contributed by atoms with E-state index >= 15 is 0 Å². The summed E-state index contributed by atoms with van der Waals surface area (Å²) in [4.78, 5) is 24.2. The Labute approximate surface area is 134 Å². The van der Waals surface area contributed by atoms with Gasteiger partial charge in [0.15, 0.2) is 0 Å². The van der Waals surface area contributed by atoms with Crippen molar-refractivity contribution in [3.63, 3.8) is 0 Å². The number of methoxy groups -OCH3 is 1. The molecule has 1 aromatic heterocycles. The molecule has 0 atom stereocenters. The zero-order chi connectivity index (χ0) is 17.3. The maximum atomic E-state index is 13.6. The second-order valence-electron chi connectivity index (χ2n) is 4.90. The van der Waals surface area contributed by atoms with E-state index in [0.29, 0.717) is 11.1 Å². The molecule has 122 valence electrons. The van der Waals surface area contributed by atoms with Gasteiger partial charge in [-0.1, -0.05) is 6.07 Å². The van der Waals surface area contributed by atoms with Gasteiger partial charge in [0.2, 0.25) is 0 Å². The number of benzene rings is 2. The maximum Gasteiger partial charge on any atom is 0.349 e. The quantitative estimate of drug-likeness (QED) is 0.748. The molecule has 0 saturated carbocycles. The molecule has 0 radical (unpaired) electrons. The van der Waals surface area contributed by atoms with Crippen LogP contribution in [-0.2, 0) is 0 Å². The largest absolute Gasteiger partial charge is 0.497 e. The third-order valence-electron chi connectivity index (χ3n) is 3.39. The molecule has 0 spiro atoms. The van der Waals surface area contributed by atoms with Crippen LogP contribution in [0, 0.1) is 11.6 Å². The fourth-order valence-electron chi connectivity index (χ4n) is 2.17. The average Bonchev–Trinajstić information content (AvgIpc) is 2.57. The lowest BCUT2D eigenvalue weighted by molar-refractivity contribution is 0.102. The Morgan fingerprint density at radius 2 is 1.83 bits per heavy atom. The minimum absolute atomic E-state index is 0.230. The maximum absolute atomic E-state index is 13.6. The highest BCUT2D eigenvalue weighted by Gasteiger charge is 2.18. The van der Waals surface area contributed by atoms with Crippen LogP contribution in [0.1, 0.15) is 10.4 Å². The van der Waals surface area contributed by atoms with Gasteiger partial charge in [0.1, 0.15) is 34.2 Å². The molecule has 2 aromatic carbocycles. The standard InChI is InChI=1S/C17H11F2NO4/c1-23-10-6-5-9-7-11(17(22)24-14(9)8-10)16(21)20-15-12(18)3-2-4-13(15)19/h2-8H,1H3,(H,20,21). The van der Waals surface area contributed by atoms with Crippen LogP contribution < -0.4 is 15.7 Å². The molecule has 0 aliphatic rings. The molecule has 5 nitrogen and oxygen atoms in total. The number of fused-ring (bicyclic) bond motifs is 1. The molecule has 0 aliphatic carbocycles. The van der Waals surface area contributed by atoms with Crippen molar-refractivity contribution in [1.29, 1.82) is 0 Å². The van der Waals surface area contributed by atoms with Crippen LogP contribution in [0.25, 0.3) is 11.0 Å². The molecule has 24 heavy (non-hydrogen) atoms. The number of para-hydroxylation sites is 1. The van der Waals surface area contributed by atoms with Gasteiger partial charge in [-0.15, -0.1) is 0 Å². The number of hydrogen-bond donors (Lipinski definition) is 1. The molecule has 0 saturated heterocycles. The normalized spacial score (nSPS) is 10.6. The van der Waals surface area contributed by atoms with Crippen LogP contribution in [0.4, 0.5) is 14.5 Å². The van der Waals surface area contributed by atoms with Gasteiger partial charge >= 0.3 is 5.63 Å². The Morgan fingerprint density at radius 1 is 1.12 bits per heavy atom. The average molecular weight is 331 g/mol. The fraction of sp³-hybridized carbons (Fsp3) is 0.0588. The summed E-state index contributed by atoms with van der Waals surface area (Å²) in [6, 6.07) is 9.15. The number of halogens is 2. The fourth-order valence-corrected chi connectivity index (χ4v) is 2.17. The Morgan fingerprint density at radius 3 is 2.50 bits per heavy atom. The van der Waals surface area contributed by atoms with E-state index in [0.717, 1.165) is 18.2 Å². The first-order chi connectivity index (χ1) is 11.5. The molecular formula is C17H11F2NO4. The van der Waals surface area contributed by atoms with Crippen molar-refractivity contribution in [3.8, 4) is 5.75 Å². The third-order valence-corrected chi connectivity index (χ3v) is 3.39. The number of carbonyl (C=O) groups excluding carboxylic acids is 1. The highest BCUT2D eigenvalue weighted by atomic mass is 19.1. The first-order valence-corrected chi connectivity index (χ1v) is 6.87. The Kier molecular flexibility index (Phi) is 3.99. The molecule has 0 bridgehead atoms. The number of ether oxygens (including phenoxy) is 1. The molecule has 1 amide bonds. The van der Waals surface area contributed by atoms with Crippen molar-refractivity contribution >= 4 is 22.6 Å². The van der Waals surface area contributed by atoms with Gasteiger partial charge in [-0.3, -0.25) is 4.79 Å². The SMILES string of the molecule is COc1ccc2cc(C(=O)Nc3c(F)cccc3F)c(=O)oc2c1. The van der Waals surface area contributed by atoms with Crippen molar-refractivity contribution in [2.24, 2.45) is 0 Å². The van der Waals surface area contributed by atoms with E-state index in [-0.39, 0.29) is 11.1 Å². The summed E-state index contributed by atoms with van der Waals surface area (Å²) >= 11 is 0. The van der Waals surface area contributed by atoms with Crippen LogP contribution in [0.3, 0.4) is 0 Å². The summed E-state index contributed by atoms with van der Waals surface area (Å²) in [5.41, 5.74) is -1.69. The zero-order valence-electron chi connectivity index (χ0n) is 12.4. The predicted molar refractivity (Wildman–Crippen MR) is 83.3 cm³/mol. The number of carbonyl (C=O) groups is 1. The van der Waals surface area contributed by atoms with Crippen LogP contribution in [0.2, 0.25) is 0 Å². The van der Waals surface area contributed by atoms with Crippen molar-refractivity contribution in [2.75, 3.05) is 12.4 Å². The number of nitrogens with one attached hydrogen (secondary N) is 1. The molecule has 1 heterocycles. The van der Waals surface area contributed by atoms with Crippen molar-refractivity contribution in [2.45, 2.75) is 0 Å². The monoisotopic (exact) mass is 331 g/mol. The van der Waals surface area contributed by atoms with Crippen LogP contribution >= 0.6 is 0 Å². The van der Waals surface area contributed by atoms with Crippen LogP contribution in [0.5, 0.6) is 5.75 Å². The summed E-state index contributed by atoms with van der Waals surface area (Å²) < 4.78 is 37.3. The number of anilines is 1. The van der Waals surface area contributed by atoms with Gasteiger partial charge in [0, 0.05) is 11.5 Å². The topological polar surface area (TPSA) is 68.5 Å². The smallest absolute Gasteiger partial charge is 0.349 e. The highest BCUT2D eigenvalue weighted by Crippen LogP contribution is 2.22. The number of hydrogen-bond acceptors (Lipinski definition) is 4. The molecule has 3 aromatic rings. The molecule has 1 N–H and O–H groups in total. The van der Waals surface area contributed by atoms with E-state index in [1.54, 1.807) is 12.1 Å². The Hall–Kier alpha value is -3.22. The summed E-state index contributed by atoms with van der Waals surface area (Å²) in [5, 5.41) is 2.52. The lowest BCUT2D eigenvalue weighted by Crippen LogP contribution is -2.21. The second kappa shape index (κ2) is 6.11. The lowest BCUT2D eigenvalue weighted by Gasteiger charge is -2.07. The summed E-state index contributed by atoms with van der Waals surface area (Å²) in [7, 11) is 1.46. The zero-order valence-corrected chi connectivity index (χ0v) is 12.4. The van der Waals surface area contributed by atoms with Crippen molar-refractivity contribution < 1.29 is 22.7 Å². The molecule has 3 rings (SSSR count). The van der Waals surface area contributed by atoms with Crippen LogP contribution in [0.15, 0.2) is 51.7 Å². The lowest BCUT2D eigenvalue weighted by atomic mass is 10.1. The molecule has 7 heteroatoms. The minimum atomic E-state index is -0.967. The van der Waals surface area contributed by atoms with E-state index in [1.165, 1.54) is 19.2 Å². The summed E-state index contributed by atoms with van der Waals surface area (Å²) in [5.74, 6) is -2.38. The summed E-state index contributed by atoms with van der Waals surface area (Å²) in [6.07, 6.45) is 0. The van der Waals surface area contributed by atoms with E-state index in [4.69, 9.17) is 9.15 Å². The van der Waals surface area contributed by atoms with Gasteiger partial charge in [0.05, 0.1) is 7.11 Å². The van der Waals surface area contributed by atoms with E-state index in [9.17, 15) is 18.4 Å². The van der Waals surface area contributed by atoms with E-state index in [2.05, 4.69) is 0 Å². The Balaban J connectivity index is 2.01. The third kappa shape index (κ3) is 2.83. The minimum Gasteiger partial charge on any atom is -0.497 e. The number of rotatable bonds is 3. The molecule has 0 unspecified atom stereocenters. The van der Waals surface area contributed by atoms with Gasteiger partial charge in [-0.2, -0.15) is 0 Å². The van der Waals surface area contributed by atoms with Crippen molar-refractivity contribution in [3.05, 3.63) is 70.1 Å². The molecule has 0 fully saturated rings. The van der Waals surface area contributed by atoms with Gasteiger partial charge in [-0.25, -0.2) is 13.6 Å². The van der Waals surface area contributed by atoms with E-state index < -0.39 is 28.9 Å². The second-order valence-corrected chi connectivity index (χ2v) is 4.90. The number of amides is 1. The molecular weight excluding hydrogens is 320 g/mol. The van der Waals surface area contributed by atoms with Crippen molar-refractivity contribution in [1.82, 2.24) is 0 Å². The molecule has 0 aliphatic heterocycles. The van der Waals surface area contributed by atoms with Gasteiger partial charge in [-0.05, 0) is 30.3 Å². The first kappa shape index (κ1) is 15.7. The Bertz CT molecular complexity index is 977. The van der Waals surface area contributed by atoms with Gasteiger partial charge < -0.3 is 14.5 Å². The van der Waals surface area contributed by atoms with E-state index in [1.807, 2.05) is 5.32 Å². The van der Waals surface area contributed by atoms with Gasteiger partial charge in [0.25, 0.3) is 5.91 Å². The highest BCUT2D eigenvalue weighted by molar-refractivity contribution is 6.05. The summed E-state index contributed by atoms with van der Waals surface area (Å²) in [6.45, 7) is 0. The predicted octanol–water partition coefficient (Wildman–Crippen LogP) is 3.33. The van der Waals surface area contributed by atoms with Crippen LogP contribution in [-0.4, -0.2) is 13.0 Å². The first-order valence-electron chi connectivity index (χ1n) is 6.87.